The van der Waals surface area contributed by atoms with E-state index < -0.39 is 28.5 Å². The highest BCUT2D eigenvalue weighted by Gasteiger charge is 2.37. The number of fused-ring (bicyclic) bond motifs is 3. The molecule has 6 nitrogen and oxygen atoms in total. The molecule has 0 fully saturated rings. The summed E-state index contributed by atoms with van der Waals surface area (Å²) in [7, 11) is 0. The van der Waals surface area contributed by atoms with Gasteiger partial charge in [0.2, 0.25) is 0 Å². The van der Waals surface area contributed by atoms with Crippen LogP contribution in [0.2, 0.25) is 5.02 Å². The van der Waals surface area contributed by atoms with E-state index in [2.05, 4.69) is 9.98 Å². The van der Waals surface area contributed by atoms with Gasteiger partial charge in [0.15, 0.2) is 5.69 Å². The summed E-state index contributed by atoms with van der Waals surface area (Å²) in [6, 6.07) is 4.84. The predicted octanol–water partition coefficient (Wildman–Crippen LogP) is 4.44. The number of imidazole rings is 1. The van der Waals surface area contributed by atoms with Gasteiger partial charge in [0.1, 0.15) is 17.9 Å². The normalized spacial score (nSPS) is 13.3. The van der Waals surface area contributed by atoms with Crippen molar-refractivity contribution < 1.29 is 32.6 Å². The molecule has 154 valence electrons. The van der Waals surface area contributed by atoms with E-state index >= 15 is 0 Å². The molecule has 0 amide bonds. The summed E-state index contributed by atoms with van der Waals surface area (Å²) in [5.74, 6) is -2.55. The summed E-state index contributed by atoms with van der Waals surface area (Å²) in [5, 5.41) is 18.4. The number of nitrogens with zero attached hydrogens (tertiary/aromatic N) is 3. The van der Waals surface area contributed by atoms with Crippen molar-refractivity contribution in [3.8, 4) is 11.4 Å². The Hall–Kier alpha value is -3.40. The van der Waals surface area contributed by atoms with Crippen molar-refractivity contribution >= 4 is 23.3 Å². The SMILES string of the molecule is O=C(O)c1ncn2c1CN=C(c1cc(O)ccc1F)c1c-2ccc(C(F)(F)F)c1Cl. The van der Waals surface area contributed by atoms with Crippen LogP contribution >= 0.6 is 11.6 Å². The van der Waals surface area contributed by atoms with Gasteiger partial charge in [-0.1, -0.05) is 11.6 Å². The molecule has 0 atom stereocenters. The maximum atomic E-state index is 14.5. The van der Waals surface area contributed by atoms with E-state index in [1.54, 1.807) is 0 Å². The molecule has 0 saturated heterocycles. The molecule has 4 rings (SSSR count). The van der Waals surface area contributed by atoms with Gasteiger partial charge in [-0.2, -0.15) is 13.2 Å². The number of halogens is 5. The Morgan fingerprint density at radius 2 is 1.93 bits per heavy atom. The van der Waals surface area contributed by atoms with Gasteiger partial charge in [-0.3, -0.25) is 9.56 Å². The van der Waals surface area contributed by atoms with E-state index in [9.17, 15) is 32.6 Å². The highest BCUT2D eigenvalue weighted by atomic mass is 35.5. The van der Waals surface area contributed by atoms with Crippen LogP contribution in [-0.2, 0) is 12.7 Å². The van der Waals surface area contributed by atoms with Crippen LogP contribution in [0.25, 0.3) is 5.69 Å². The quantitative estimate of drug-likeness (QED) is 0.578. The summed E-state index contributed by atoms with van der Waals surface area (Å²) in [4.78, 5) is 19.4. The summed E-state index contributed by atoms with van der Waals surface area (Å²) in [6.45, 7) is -0.321. The number of aromatic hydroxyl groups is 1. The van der Waals surface area contributed by atoms with Gasteiger partial charge in [0.25, 0.3) is 0 Å². The number of alkyl halides is 3. The molecular formula is C19H10ClF4N3O3. The summed E-state index contributed by atoms with van der Waals surface area (Å²) in [5.41, 5.74) is -2.19. The van der Waals surface area contributed by atoms with Crippen molar-refractivity contribution in [2.45, 2.75) is 12.7 Å². The van der Waals surface area contributed by atoms with Crippen LogP contribution < -0.4 is 0 Å². The van der Waals surface area contributed by atoms with Crippen molar-refractivity contribution in [3.63, 3.8) is 0 Å². The fourth-order valence-corrected chi connectivity index (χ4v) is 3.63. The zero-order valence-corrected chi connectivity index (χ0v) is 15.5. The minimum atomic E-state index is -4.80. The minimum Gasteiger partial charge on any atom is -0.508 e. The average molecular weight is 440 g/mol. The molecule has 2 aromatic carbocycles. The van der Waals surface area contributed by atoms with E-state index in [0.29, 0.717) is 0 Å². The lowest BCUT2D eigenvalue weighted by Gasteiger charge is -2.18. The summed E-state index contributed by atoms with van der Waals surface area (Å²) < 4.78 is 56.2. The molecule has 1 aliphatic rings. The van der Waals surface area contributed by atoms with Crippen molar-refractivity contribution in [2.24, 2.45) is 4.99 Å². The first-order chi connectivity index (χ1) is 14.1. The van der Waals surface area contributed by atoms with Gasteiger partial charge >= 0.3 is 12.1 Å². The fourth-order valence-electron chi connectivity index (χ4n) is 3.27. The Kier molecular flexibility index (Phi) is 4.53. The van der Waals surface area contributed by atoms with Gasteiger partial charge in [-0.25, -0.2) is 14.2 Å². The molecule has 0 radical (unpaired) electrons. The monoisotopic (exact) mass is 439 g/mol. The van der Waals surface area contributed by atoms with Gasteiger partial charge in [0.05, 0.1) is 34.2 Å². The molecule has 0 aliphatic carbocycles. The largest absolute Gasteiger partial charge is 0.508 e. The molecule has 1 aliphatic heterocycles. The second-order valence-corrected chi connectivity index (χ2v) is 6.74. The number of carboxylic acids is 1. The first-order valence-electron chi connectivity index (χ1n) is 8.33. The predicted molar refractivity (Wildman–Crippen MR) is 97.9 cm³/mol. The molecule has 11 heteroatoms. The number of hydrogen-bond acceptors (Lipinski definition) is 4. The first-order valence-corrected chi connectivity index (χ1v) is 8.70. The Balaban J connectivity index is 2.09. The van der Waals surface area contributed by atoms with Gasteiger partial charge < -0.3 is 10.2 Å². The zero-order chi connectivity index (χ0) is 21.8. The van der Waals surface area contributed by atoms with E-state index in [1.165, 1.54) is 4.57 Å². The number of carboxylic acid groups (broad SMARTS) is 1. The molecule has 0 saturated carbocycles. The van der Waals surface area contributed by atoms with Crippen molar-refractivity contribution in [1.29, 1.82) is 0 Å². The standard InChI is InChI=1S/C19H10ClF4N3O3/c20-15-10(19(22,23)24)2-4-12-14(15)16(9-5-8(28)1-3-11(9)21)25-6-13-17(18(29)30)26-7-27(12)13/h1-5,7,28H,6H2,(H,29,30). The molecular weight excluding hydrogens is 430 g/mol. The molecule has 3 aromatic rings. The number of phenols is 1. The van der Waals surface area contributed by atoms with Crippen LogP contribution in [0.5, 0.6) is 5.75 Å². The Morgan fingerprint density at radius 3 is 2.60 bits per heavy atom. The second-order valence-electron chi connectivity index (χ2n) is 6.36. The molecule has 0 unspecified atom stereocenters. The van der Waals surface area contributed by atoms with Crippen LogP contribution in [0.3, 0.4) is 0 Å². The number of benzene rings is 2. The molecule has 2 heterocycles. The topological polar surface area (TPSA) is 87.7 Å². The molecule has 0 bridgehead atoms. The fraction of sp³-hybridized carbons (Fsp3) is 0.105. The van der Waals surface area contributed by atoms with Crippen molar-refractivity contribution in [3.05, 3.63) is 75.6 Å². The summed E-state index contributed by atoms with van der Waals surface area (Å²) >= 11 is 6.12. The van der Waals surface area contributed by atoms with Crippen LogP contribution in [0.1, 0.15) is 32.9 Å². The van der Waals surface area contributed by atoms with E-state index in [1.807, 2.05) is 0 Å². The van der Waals surface area contributed by atoms with E-state index in [-0.39, 0.29) is 46.2 Å². The van der Waals surface area contributed by atoms with Crippen LogP contribution in [-0.4, -0.2) is 31.4 Å². The third-order valence-electron chi connectivity index (χ3n) is 4.58. The molecule has 30 heavy (non-hydrogen) atoms. The lowest BCUT2D eigenvalue weighted by Crippen LogP contribution is -2.14. The van der Waals surface area contributed by atoms with E-state index in [0.717, 1.165) is 36.7 Å². The third-order valence-corrected chi connectivity index (χ3v) is 4.98. The highest BCUT2D eigenvalue weighted by Crippen LogP contribution is 2.41. The number of aromatic carboxylic acids is 1. The van der Waals surface area contributed by atoms with Crippen LogP contribution in [0, 0.1) is 5.82 Å². The molecule has 2 N–H and O–H groups in total. The van der Waals surface area contributed by atoms with Crippen LogP contribution in [0.15, 0.2) is 41.7 Å². The second kappa shape index (κ2) is 6.84. The zero-order valence-electron chi connectivity index (χ0n) is 14.7. The minimum absolute atomic E-state index is 0.0435. The average Bonchev–Trinajstić information content (AvgIpc) is 3.01. The molecule has 1 aromatic heterocycles. The number of carbonyl (C=O) groups is 1. The van der Waals surface area contributed by atoms with Gasteiger partial charge in [0, 0.05) is 11.1 Å². The van der Waals surface area contributed by atoms with E-state index in [4.69, 9.17) is 11.6 Å². The first kappa shape index (κ1) is 19.9. The Morgan fingerprint density at radius 1 is 1.20 bits per heavy atom. The maximum absolute atomic E-state index is 14.5. The highest BCUT2D eigenvalue weighted by molar-refractivity contribution is 6.37. The number of rotatable bonds is 2. The Labute approximate surface area is 170 Å². The maximum Gasteiger partial charge on any atom is 0.417 e. The lowest BCUT2D eigenvalue weighted by atomic mass is 9.97. The Bertz CT molecular complexity index is 1230. The lowest BCUT2D eigenvalue weighted by molar-refractivity contribution is -0.137. The number of phenolic OH excluding ortho intramolecular Hbond substituents is 1. The smallest absolute Gasteiger partial charge is 0.417 e. The van der Waals surface area contributed by atoms with Gasteiger partial charge in [-0.05, 0) is 30.3 Å². The molecule has 0 spiro atoms. The number of aliphatic imine (C=N–C) groups is 1. The third kappa shape index (κ3) is 3.09. The number of hydrogen-bond donors (Lipinski definition) is 2. The summed E-state index contributed by atoms with van der Waals surface area (Å²) in [6.07, 6.45) is -3.68. The van der Waals surface area contributed by atoms with Gasteiger partial charge in [-0.15, -0.1) is 0 Å². The van der Waals surface area contributed by atoms with Crippen molar-refractivity contribution in [2.75, 3.05) is 0 Å². The van der Waals surface area contributed by atoms with Crippen molar-refractivity contribution in [1.82, 2.24) is 9.55 Å². The number of aromatic nitrogens is 2. The van der Waals surface area contributed by atoms with Crippen LogP contribution in [0.4, 0.5) is 17.6 Å².